The molecule has 0 bridgehead atoms. The van der Waals surface area contributed by atoms with E-state index in [9.17, 15) is 4.79 Å². The zero-order valence-corrected chi connectivity index (χ0v) is 12.3. The number of hydrogen-bond donors (Lipinski definition) is 0. The minimum absolute atomic E-state index is 0.111. The molecule has 100 valence electrons. The Kier molecular flexibility index (Phi) is 3.46. The fraction of sp³-hybridized carbons (Fsp3) is 0.0667. The first-order valence-electron chi connectivity index (χ1n) is 6.04. The van der Waals surface area contributed by atoms with Crippen LogP contribution < -0.4 is 4.90 Å². The maximum absolute atomic E-state index is 12.4. The van der Waals surface area contributed by atoms with Crippen LogP contribution in [0.4, 0.5) is 5.69 Å². The van der Waals surface area contributed by atoms with E-state index in [1.54, 1.807) is 11.0 Å². The van der Waals surface area contributed by atoms with E-state index in [4.69, 9.17) is 16.6 Å². The van der Waals surface area contributed by atoms with Gasteiger partial charge in [0.25, 0.3) is 5.91 Å². The van der Waals surface area contributed by atoms with Gasteiger partial charge in [-0.2, -0.15) is 0 Å². The lowest BCUT2D eigenvalue weighted by molar-refractivity contribution is -0.113. The van der Waals surface area contributed by atoms with Crippen LogP contribution >= 0.6 is 24.0 Å². The predicted octanol–water partition coefficient (Wildman–Crippen LogP) is 3.99. The van der Waals surface area contributed by atoms with Crippen LogP contribution in [0.25, 0.3) is 6.08 Å². The van der Waals surface area contributed by atoms with Gasteiger partial charge in [0.15, 0.2) is 4.32 Å². The number of thiocarbonyl (C=S) groups is 1. The molecule has 0 atom stereocenters. The van der Waals surface area contributed by atoms with Crippen LogP contribution in [0.5, 0.6) is 0 Å². The van der Waals surface area contributed by atoms with E-state index in [1.807, 2.05) is 49.4 Å². The first-order valence-corrected chi connectivity index (χ1v) is 7.27. The molecule has 1 saturated heterocycles. The highest BCUT2D eigenvalue weighted by Crippen LogP contribution is 2.35. The molecular formula is C15H11NO2S2. The Balaban J connectivity index is 1.93. The van der Waals surface area contributed by atoms with Crippen LogP contribution in [0, 0.1) is 6.92 Å². The van der Waals surface area contributed by atoms with Crippen molar-refractivity contribution in [2.45, 2.75) is 6.92 Å². The summed E-state index contributed by atoms with van der Waals surface area (Å²) in [7, 11) is 0. The molecule has 0 N–H and O–H groups in total. The third kappa shape index (κ3) is 2.42. The lowest BCUT2D eigenvalue weighted by Gasteiger charge is -2.13. The molecule has 0 aliphatic carbocycles. The van der Waals surface area contributed by atoms with Gasteiger partial charge in [0, 0.05) is 6.08 Å². The van der Waals surface area contributed by atoms with Crippen LogP contribution in [0.15, 0.2) is 51.8 Å². The number of aryl methyl sites for hydroxylation is 1. The lowest BCUT2D eigenvalue weighted by Crippen LogP contribution is -2.27. The second-order valence-corrected chi connectivity index (χ2v) is 5.98. The van der Waals surface area contributed by atoms with Gasteiger partial charge in [-0.1, -0.05) is 42.2 Å². The van der Waals surface area contributed by atoms with E-state index in [2.05, 4.69) is 0 Å². The number of carbonyl (C=O) groups excluding carboxylic acids is 1. The highest BCUT2D eigenvalue weighted by molar-refractivity contribution is 8.27. The van der Waals surface area contributed by atoms with E-state index in [0.29, 0.717) is 15.0 Å². The molecule has 1 aromatic carbocycles. The third-order valence-corrected chi connectivity index (χ3v) is 4.14. The standard InChI is InChI=1S/C15H11NO2S2/c1-10-7-8-12(18-10)9-13-14(17)16(15(19)20-13)11-5-3-2-4-6-11/h2-9H,1H3/b13-9+. The maximum Gasteiger partial charge on any atom is 0.270 e. The van der Waals surface area contributed by atoms with Crippen molar-refractivity contribution in [3.63, 3.8) is 0 Å². The number of nitrogens with zero attached hydrogens (tertiary/aromatic N) is 1. The van der Waals surface area contributed by atoms with Gasteiger partial charge in [-0.3, -0.25) is 9.69 Å². The molecule has 0 unspecified atom stereocenters. The highest BCUT2D eigenvalue weighted by Gasteiger charge is 2.33. The molecule has 1 aliphatic heterocycles. The number of carbonyl (C=O) groups is 1. The first kappa shape index (κ1) is 13.1. The van der Waals surface area contributed by atoms with Crippen LogP contribution in [0.2, 0.25) is 0 Å². The van der Waals surface area contributed by atoms with E-state index < -0.39 is 0 Å². The van der Waals surface area contributed by atoms with Crippen molar-refractivity contribution in [3.8, 4) is 0 Å². The van der Waals surface area contributed by atoms with Crippen LogP contribution in [0.3, 0.4) is 0 Å². The summed E-state index contributed by atoms with van der Waals surface area (Å²) < 4.78 is 6.00. The molecule has 0 spiro atoms. The number of thioether (sulfide) groups is 1. The zero-order valence-electron chi connectivity index (χ0n) is 10.7. The Morgan fingerprint density at radius 3 is 2.60 bits per heavy atom. The average Bonchev–Trinajstić information content (AvgIpc) is 2.96. The lowest BCUT2D eigenvalue weighted by atomic mass is 10.3. The first-order chi connectivity index (χ1) is 9.65. The summed E-state index contributed by atoms with van der Waals surface area (Å²) in [5.74, 6) is 1.37. The molecule has 1 aromatic heterocycles. The highest BCUT2D eigenvalue weighted by atomic mass is 32.2. The molecule has 3 rings (SSSR count). The molecule has 1 aliphatic rings. The van der Waals surface area contributed by atoms with E-state index in [-0.39, 0.29) is 5.91 Å². The summed E-state index contributed by atoms with van der Waals surface area (Å²) in [5, 5.41) is 0. The van der Waals surface area contributed by atoms with Crippen molar-refractivity contribution in [2.75, 3.05) is 4.90 Å². The van der Waals surface area contributed by atoms with Gasteiger partial charge in [0.05, 0.1) is 10.6 Å². The molecule has 2 heterocycles. The summed E-state index contributed by atoms with van der Waals surface area (Å²) in [6, 6.07) is 13.1. The van der Waals surface area contributed by atoms with Crippen LogP contribution in [-0.2, 0) is 4.79 Å². The molecule has 20 heavy (non-hydrogen) atoms. The van der Waals surface area contributed by atoms with E-state index in [1.165, 1.54) is 11.8 Å². The normalized spacial score (nSPS) is 17.2. The summed E-state index contributed by atoms with van der Waals surface area (Å²) in [6.07, 6.45) is 1.73. The SMILES string of the molecule is Cc1ccc(/C=C2/SC(=S)N(c3ccccc3)C2=O)o1. The van der Waals surface area contributed by atoms with Crippen molar-refractivity contribution in [1.29, 1.82) is 0 Å². The van der Waals surface area contributed by atoms with Crippen LogP contribution in [0.1, 0.15) is 11.5 Å². The minimum atomic E-state index is -0.111. The van der Waals surface area contributed by atoms with Crippen molar-refractivity contribution >= 4 is 46.0 Å². The number of hydrogen-bond acceptors (Lipinski definition) is 4. The monoisotopic (exact) mass is 301 g/mol. The average molecular weight is 301 g/mol. The topological polar surface area (TPSA) is 33.5 Å². The Hall–Kier alpha value is -1.85. The number of benzene rings is 1. The molecule has 0 radical (unpaired) electrons. The molecular weight excluding hydrogens is 290 g/mol. The van der Waals surface area contributed by atoms with Gasteiger partial charge in [0.1, 0.15) is 11.5 Å². The summed E-state index contributed by atoms with van der Waals surface area (Å²) in [6.45, 7) is 1.87. The fourth-order valence-corrected chi connectivity index (χ4v) is 3.21. The largest absolute Gasteiger partial charge is 0.462 e. The molecule has 0 saturated carbocycles. The van der Waals surface area contributed by atoms with Crippen molar-refractivity contribution in [1.82, 2.24) is 0 Å². The van der Waals surface area contributed by atoms with Crippen LogP contribution in [-0.4, -0.2) is 10.2 Å². The predicted molar refractivity (Wildman–Crippen MR) is 85.5 cm³/mol. The Morgan fingerprint density at radius 2 is 1.95 bits per heavy atom. The maximum atomic E-state index is 12.4. The van der Waals surface area contributed by atoms with E-state index in [0.717, 1.165) is 11.4 Å². The smallest absolute Gasteiger partial charge is 0.270 e. The van der Waals surface area contributed by atoms with Crippen molar-refractivity contribution in [3.05, 3.63) is 58.9 Å². The molecule has 1 fully saturated rings. The van der Waals surface area contributed by atoms with Gasteiger partial charge in [-0.25, -0.2) is 0 Å². The second kappa shape index (κ2) is 5.26. The number of furan rings is 1. The van der Waals surface area contributed by atoms with Crippen molar-refractivity contribution < 1.29 is 9.21 Å². The van der Waals surface area contributed by atoms with E-state index >= 15 is 0 Å². The molecule has 2 aromatic rings. The number of rotatable bonds is 2. The summed E-state index contributed by atoms with van der Waals surface area (Å²) >= 11 is 6.58. The quantitative estimate of drug-likeness (QED) is 0.620. The number of amides is 1. The number of para-hydroxylation sites is 1. The third-order valence-electron chi connectivity index (χ3n) is 2.84. The molecule has 5 heteroatoms. The summed E-state index contributed by atoms with van der Waals surface area (Å²) in [5.41, 5.74) is 0.786. The number of anilines is 1. The van der Waals surface area contributed by atoms with Gasteiger partial charge in [-0.15, -0.1) is 0 Å². The Bertz CT molecular complexity index is 704. The molecule has 3 nitrogen and oxygen atoms in total. The summed E-state index contributed by atoms with van der Waals surface area (Å²) in [4.78, 5) is 14.6. The van der Waals surface area contributed by atoms with Gasteiger partial charge in [-0.05, 0) is 31.2 Å². The molecule has 1 amide bonds. The minimum Gasteiger partial charge on any atom is -0.462 e. The Morgan fingerprint density at radius 1 is 1.20 bits per heavy atom. The fourth-order valence-electron chi connectivity index (χ4n) is 1.93. The van der Waals surface area contributed by atoms with Gasteiger partial charge in [0.2, 0.25) is 0 Å². The van der Waals surface area contributed by atoms with Crippen molar-refractivity contribution in [2.24, 2.45) is 0 Å². The Labute approximate surface area is 126 Å². The van der Waals surface area contributed by atoms with Gasteiger partial charge >= 0.3 is 0 Å². The second-order valence-electron chi connectivity index (χ2n) is 4.30. The zero-order chi connectivity index (χ0) is 14.1. The van der Waals surface area contributed by atoms with Gasteiger partial charge < -0.3 is 4.42 Å².